The van der Waals surface area contributed by atoms with E-state index < -0.39 is 0 Å². The fourth-order valence-electron chi connectivity index (χ4n) is 2.09. The summed E-state index contributed by atoms with van der Waals surface area (Å²) in [5.41, 5.74) is 0. The summed E-state index contributed by atoms with van der Waals surface area (Å²) in [4.78, 5) is 10.9. The van der Waals surface area contributed by atoms with Gasteiger partial charge in [0.05, 0.1) is 6.10 Å². The third-order valence-electron chi connectivity index (χ3n) is 2.69. The summed E-state index contributed by atoms with van der Waals surface area (Å²) in [7, 11) is 1.75. The Morgan fingerprint density at radius 2 is 2.08 bits per heavy atom. The van der Waals surface area contributed by atoms with Crippen LogP contribution in [0.25, 0.3) is 0 Å². The number of ether oxygens (including phenoxy) is 1. The Kier molecular flexibility index (Phi) is 3.73. The first-order valence-electron chi connectivity index (χ1n) is 4.76. The van der Waals surface area contributed by atoms with Crippen LogP contribution in [0.15, 0.2) is 0 Å². The van der Waals surface area contributed by atoms with E-state index in [0.29, 0.717) is 24.2 Å². The van der Waals surface area contributed by atoms with Crippen molar-refractivity contribution in [3.05, 3.63) is 0 Å². The van der Waals surface area contributed by atoms with Gasteiger partial charge in [0.25, 0.3) is 0 Å². The molecule has 1 saturated carbocycles. The molecule has 0 bridgehead atoms. The topological polar surface area (TPSA) is 26.3 Å². The third-order valence-corrected chi connectivity index (χ3v) is 2.69. The van der Waals surface area contributed by atoms with Crippen LogP contribution in [-0.4, -0.2) is 19.0 Å². The van der Waals surface area contributed by atoms with E-state index in [0.717, 1.165) is 12.8 Å². The summed E-state index contributed by atoms with van der Waals surface area (Å²) < 4.78 is 5.35. The molecule has 12 heavy (non-hydrogen) atoms. The lowest BCUT2D eigenvalue weighted by Gasteiger charge is -2.29. The summed E-state index contributed by atoms with van der Waals surface area (Å²) in [5.74, 6) is 0.783. The number of Topliss-reactive ketones (excluding diaryl/α,β-unsaturated/α-hetero) is 1. The minimum atomic E-state index is 0.295. The average Bonchev–Trinajstić information content (AvgIpc) is 2.04. The number of ketones is 1. The molecule has 0 spiro atoms. The molecule has 0 aromatic carbocycles. The number of hydrogen-bond donors (Lipinski definition) is 0. The van der Waals surface area contributed by atoms with Gasteiger partial charge in [-0.1, -0.05) is 12.8 Å². The zero-order valence-electron chi connectivity index (χ0n) is 8.01. The maximum absolute atomic E-state index is 10.9. The van der Waals surface area contributed by atoms with Gasteiger partial charge in [-0.05, 0) is 25.7 Å². The molecular formula is C10H18O2. The summed E-state index contributed by atoms with van der Waals surface area (Å²) in [6.07, 6.45) is 5.86. The first-order chi connectivity index (χ1) is 5.74. The van der Waals surface area contributed by atoms with Crippen LogP contribution in [0.1, 0.15) is 39.0 Å². The second-order valence-corrected chi connectivity index (χ2v) is 3.72. The fraction of sp³-hybridized carbons (Fsp3) is 0.900. The van der Waals surface area contributed by atoms with Crippen LogP contribution in [0.5, 0.6) is 0 Å². The molecule has 0 aliphatic heterocycles. The molecular weight excluding hydrogens is 152 g/mol. The molecule has 1 rings (SSSR count). The Bertz CT molecular complexity index is 154. The number of carbonyl (C=O) groups is 1. The van der Waals surface area contributed by atoms with Crippen molar-refractivity contribution in [3.8, 4) is 0 Å². The van der Waals surface area contributed by atoms with Crippen molar-refractivity contribution in [1.29, 1.82) is 0 Å². The number of carbonyl (C=O) groups excluding carboxylic acids is 1. The molecule has 1 fully saturated rings. The molecule has 0 N–H and O–H groups in total. The molecule has 0 amide bonds. The Balaban J connectivity index is 2.41. The van der Waals surface area contributed by atoms with Gasteiger partial charge in [-0.15, -0.1) is 0 Å². The van der Waals surface area contributed by atoms with Crippen molar-refractivity contribution in [2.24, 2.45) is 5.92 Å². The minimum absolute atomic E-state index is 0.295. The van der Waals surface area contributed by atoms with Gasteiger partial charge in [-0.3, -0.25) is 0 Å². The molecule has 2 atom stereocenters. The monoisotopic (exact) mass is 170 g/mol. The van der Waals surface area contributed by atoms with Crippen molar-refractivity contribution < 1.29 is 9.53 Å². The molecule has 0 heterocycles. The average molecular weight is 170 g/mol. The second kappa shape index (κ2) is 4.61. The van der Waals surface area contributed by atoms with Gasteiger partial charge in [0, 0.05) is 13.5 Å². The van der Waals surface area contributed by atoms with Crippen LogP contribution in [0.2, 0.25) is 0 Å². The molecule has 1 aliphatic rings. The third kappa shape index (κ3) is 2.59. The minimum Gasteiger partial charge on any atom is -0.381 e. The lowest BCUT2D eigenvalue weighted by Crippen LogP contribution is -2.28. The van der Waals surface area contributed by atoms with E-state index >= 15 is 0 Å². The highest BCUT2D eigenvalue weighted by atomic mass is 16.5. The zero-order valence-corrected chi connectivity index (χ0v) is 8.01. The maximum Gasteiger partial charge on any atom is 0.130 e. The summed E-state index contributed by atoms with van der Waals surface area (Å²) in [5, 5.41) is 0. The van der Waals surface area contributed by atoms with Crippen LogP contribution in [0.3, 0.4) is 0 Å². The van der Waals surface area contributed by atoms with Gasteiger partial charge in [0.1, 0.15) is 5.78 Å². The first-order valence-corrected chi connectivity index (χ1v) is 4.76. The highest BCUT2D eigenvalue weighted by Gasteiger charge is 2.25. The predicted molar refractivity (Wildman–Crippen MR) is 48.1 cm³/mol. The van der Waals surface area contributed by atoms with Gasteiger partial charge >= 0.3 is 0 Å². The van der Waals surface area contributed by atoms with Crippen LogP contribution in [0, 0.1) is 5.92 Å². The van der Waals surface area contributed by atoms with Crippen molar-refractivity contribution in [2.75, 3.05) is 7.11 Å². The Morgan fingerprint density at radius 3 is 2.67 bits per heavy atom. The lowest BCUT2D eigenvalue weighted by atomic mass is 9.83. The normalized spacial score (nSPS) is 30.2. The van der Waals surface area contributed by atoms with Crippen LogP contribution < -0.4 is 0 Å². The van der Waals surface area contributed by atoms with Crippen LogP contribution >= 0.6 is 0 Å². The molecule has 0 aromatic rings. The molecule has 0 aromatic heterocycles. The summed E-state index contributed by atoms with van der Waals surface area (Å²) in [6.45, 7) is 1.67. The van der Waals surface area contributed by atoms with E-state index in [2.05, 4.69) is 0 Å². The largest absolute Gasteiger partial charge is 0.381 e. The lowest BCUT2D eigenvalue weighted by molar-refractivity contribution is -0.119. The summed E-state index contributed by atoms with van der Waals surface area (Å²) >= 11 is 0. The van der Waals surface area contributed by atoms with Gasteiger partial charge in [-0.25, -0.2) is 0 Å². The van der Waals surface area contributed by atoms with Crippen molar-refractivity contribution >= 4 is 5.78 Å². The number of methoxy groups -OCH3 is 1. The van der Waals surface area contributed by atoms with Gasteiger partial charge < -0.3 is 9.53 Å². The highest BCUT2D eigenvalue weighted by Crippen LogP contribution is 2.28. The van der Waals surface area contributed by atoms with E-state index in [-0.39, 0.29) is 0 Å². The van der Waals surface area contributed by atoms with Crippen LogP contribution in [0.4, 0.5) is 0 Å². The zero-order chi connectivity index (χ0) is 8.97. The number of hydrogen-bond acceptors (Lipinski definition) is 2. The standard InChI is InChI=1S/C10H18O2/c1-8(11)7-9-5-3-4-6-10(9)12-2/h9-10H,3-7H2,1-2H3/t9-,10+/m0/s1. The molecule has 0 saturated heterocycles. The number of rotatable bonds is 3. The molecule has 2 heteroatoms. The van der Waals surface area contributed by atoms with E-state index in [9.17, 15) is 4.79 Å². The quantitative estimate of drug-likeness (QED) is 0.649. The highest BCUT2D eigenvalue weighted by molar-refractivity contribution is 5.75. The Hall–Kier alpha value is -0.370. The fourth-order valence-corrected chi connectivity index (χ4v) is 2.09. The predicted octanol–water partition coefficient (Wildman–Crippen LogP) is 2.17. The molecule has 1 aliphatic carbocycles. The summed E-state index contributed by atoms with van der Waals surface area (Å²) in [6, 6.07) is 0. The molecule has 2 nitrogen and oxygen atoms in total. The molecule has 70 valence electrons. The Morgan fingerprint density at radius 1 is 1.42 bits per heavy atom. The van der Waals surface area contributed by atoms with Crippen molar-refractivity contribution in [2.45, 2.75) is 45.1 Å². The van der Waals surface area contributed by atoms with E-state index in [1.807, 2.05) is 0 Å². The smallest absolute Gasteiger partial charge is 0.130 e. The van der Waals surface area contributed by atoms with Gasteiger partial charge in [0.2, 0.25) is 0 Å². The molecule has 0 unspecified atom stereocenters. The van der Waals surface area contributed by atoms with E-state index in [4.69, 9.17) is 4.74 Å². The van der Waals surface area contributed by atoms with E-state index in [1.165, 1.54) is 12.8 Å². The Labute approximate surface area is 74.3 Å². The second-order valence-electron chi connectivity index (χ2n) is 3.72. The first kappa shape index (κ1) is 9.72. The van der Waals surface area contributed by atoms with Crippen molar-refractivity contribution in [3.63, 3.8) is 0 Å². The van der Waals surface area contributed by atoms with Crippen LogP contribution in [-0.2, 0) is 9.53 Å². The van der Waals surface area contributed by atoms with E-state index in [1.54, 1.807) is 14.0 Å². The van der Waals surface area contributed by atoms with Crippen molar-refractivity contribution in [1.82, 2.24) is 0 Å². The van der Waals surface area contributed by atoms with Gasteiger partial charge in [0.15, 0.2) is 0 Å². The molecule has 0 radical (unpaired) electrons. The maximum atomic E-state index is 10.9. The SMILES string of the molecule is CO[C@@H]1CCCC[C@H]1CC(C)=O. The van der Waals surface area contributed by atoms with Gasteiger partial charge in [-0.2, -0.15) is 0 Å².